The molecule has 0 amide bonds. The maximum Gasteiger partial charge on any atom is 0.199 e. The Labute approximate surface area is 150 Å². The summed E-state index contributed by atoms with van der Waals surface area (Å²) in [7, 11) is 3.72. The summed E-state index contributed by atoms with van der Waals surface area (Å²) in [4.78, 5) is 2.14. The van der Waals surface area contributed by atoms with Gasteiger partial charge in [-0.1, -0.05) is 22.0 Å². The smallest absolute Gasteiger partial charge is 0.199 e. The van der Waals surface area contributed by atoms with Gasteiger partial charge >= 0.3 is 0 Å². The zero-order valence-electron chi connectivity index (χ0n) is 13.6. The van der Waals surface area contributed by atoms with Crippen molar-refractivity contribution in [3.05, 3.63) is 51.5 Å². The van der Waals surface area contributed by atoms with E-state index in [-0.39, 0.29) is 0 Å². The van der Waals surface area contributed by atoms with Crippen LogP contribution in [0.15, 0.2) is 35.3 Å². The number of aromatic nitrogens is 3. The van der Waals surface area contributed by atoms with E-state index in [0.717, 1.165) is 28.2 Å². The molecule has 0 aliphatic rings. The lowest BCUT2D eigenvalue weighted by Crippen LogP contribution is -2.23. The molecule has 0 unspecified atom stereocenters. The van der Waals surface area contributed by atoms with Gasteiger partial charge in [-0.05, 0) is 44.4 Å². The number of benzene rings is 1. The van der Waals surface area contributed by atoms with Gasteiger partial charge < -0.3 is 9.30 Å². The summed E-state index contributed by atoms with van der Waals surface area (Å²) >= 11 is 8.99. The summed E-state index contributed by atoms with van der Waals surface area (Å²) in [6.07, 6.45) is 1.82. The molecule has 1 heterocycles. The van der Waals surface area contributed by atoms with E-state index in [4.69, 9.17) is 17.0 Å². The fourth-order valence-electron chi connectivity index (χ4n) is 2.42. The summed E-state index contributed by atoms with van der Waals surface area (Å²) in [5.41, 5.74) is 1.11. The number of ether oxygens (including phenoxy) is 1. The highest BCUT2D eigenvalue weighted by atomic mass is 79.9. The highest BCUT2D eigenvalue weighted by Gasteiger charge is 2.11. The van der Waals surface area contributed by atoms with Gasteiger partial charge in [0.15, 0.2) is 4.77 Å². The molecule has 124 valence electrons. The third-order valence-corrected chi connectivity index (χ3v) is 4.40. The number of aryl methyl sites for hydroxylation is 1. The first-order valence-electron chi connectivity index (χ1n) is 7.22. The Morgan fingerprint density at radius 3 is 2.87 bits per heavy atom. The Hall–Kier alpha value is -1.44. The van der Waals surface area contributed by atoms with Crippen molar-refractivity contribution in [3.63, 3.8) is 0 Å². The number of methoxy groups -OCH3 is 1. The molecular formula is C16H21BrN4OS. The van der Waals surface area contributed by atoms with E-state index >= 15 is 0 Å². The van der Waals surface area contributed by atoms with Crippen LogP contribution in [0.25, 0.3) is 0 Å². The molecule has 0 N–H and O–H groups in total. The Morgan fingerprint density at radius 2 is 2.22 bits per heavy atom. The molecule has 1 aromatic heterocycles. The van der Waals surface area contributed by atoms with Crippen LogP contribution in [0.1, 0.15) is 11.4 Å². The van der Waals surface area contributed by atoms with Crippen LogP contribution in [-0.2, 0) is 19.8 Å². The van der Waals surface area contributed by atoms with Crippen LogP contribution in [0.5, 0.6) is 5.75 Å². The predicted molar refractivity (Wildman–Crippen MR) is 98.1 cm³/mol. The monoisotopic (exact) mass is 396 g/mol. The lowest BCUT2D eigenvalue weighted by Gasteiger charge is -2.18. The minimum Gasteiger partial charge on any atom is -0.496 e. The van der Waals surface area contributed by atoms with Crippen molar-refractivity contribution in [2.75, 3.05) is 14.2 Å². The molecule has 0 spiro atoms. The Bertz CT molecular complexity index is 753. The quantitative estimate of drug-likeness (QED) is 0.526. The third kappa shape index (κ3) is 4.31. The van der Waals surface area contributed by atoms with Crippen LogP contribution in [0.2, 0.25) is 0 Å². The molecule has 2 aromatic rings. The first kappa shape index (κ1) is 17.9. The van der Waals surface area contributed by atoms with Crippen molar-refractivity contribution in [1.82, 2.24) is 19.2 Å². The first-order chi connectivity index (χ1) is 11.0. The van der Waals surface area contributed by atoms with Gasteiger partial charge in [0.25, 0.3) is 0 Å². The Balaban J connectivity index is 2.16. The number of hydrogen-bond acceptors (Lipinski definition) is 4. The minimum absolute atomic E-state index is 0.611. The average Bonchev–Trinajstić information content (AvgIpc) is 2.75. The van der Waals surface area contributed by atoms with Crippen LogP contribution < -0.4 is 4.74 Å². The van der Waals surface area contributed by atoms with E-state index in [0.29, 0.717) is 18.0 Å². The van der Waals surface area contributed by atoms with Gasteiger partial charge in [0, 0.05) is 23.1 Å². The standard InChI is InChI=1S/C16H21BrN4OS/c1-5-8-20-12(2)18-21(16(20)23)11-19(3)10-13-9-14(17)6-7-15(13)22-4/h5-7,9H,1,8,10-11H2,2-4H3. The first-order valence-corrected chi connectivity index (χ1v) is 8.42. The van der Waals surface area contributed by atoms with Gasteiger partial charge in [0.2, 0.25) is 0 Å². The van der Waals surface area contributed by atoms with E-state index in [2.05, 4.69) is 38.6 Å². The van der Waals surface area contributed by atoms with Crippen molar-refractivity contribution < 1.29 is 4.74 Å². The molecule has 0 atom stereocenters. The van der Waals surface area contributed by atoms with Crippen molar-refractivity contribution in [2.24, 2.45) is 0 Å². The molecule has 0 bridgehead atoms. The zero-order chi connectivity index (χ0) is 17.0. The van der Waals surface area contributed by atoms with Crippen molar-refractivity contribution in [3.8, 4) is 5.75 Å². The number of halogens is 1. The van der Waals surface area contributed by atoms with E-state index < -0.39 is 0 Å². The molecule has 23 heavy (non-hydrogen) atoms. The van der Waals surface area contributed by atoms with Gasteiger partial charge in [-0.15, -0.1) is 6.58 Å². The molecular weight excluding hydrogens is 376 g/mol. The van der Waals surface area contributed by atoms with Gasteiger partial charge in [-0.25, -0.2) is 4.68 Å². The third-order valence-electron chi connectivity index (χ3n) is 3.48. The fourth-order valence-corrected chi connectivity index (χ4v) is 3.13. The van der Waals surface area contributed by atoms with Gasteiger partial charge in [0.1, 0.15) is 11.6 Å². The normalized spacial score (nSPS) is 11.0. The molecule has 1 aromatic carbocycles. The lowest BCUT2D eigenvalue weighted by atomic mass is 10.2. The molecule has 0 saturated heterocycles. The summed E-state index contributed by atoms with van der Waals surface area (Å²) in [6.45, 7) is 7.73. The van der Waals surface area contributed by atoms with Crippen molar-refractivity contribution in [2.45, 2.75) is 26.7 Å². The predicted octanol–water partition coefficient (Wildman–Crippen LogP) is 3.77. The van der Waals surface area contributed by atoms with Gasteiger partial charge in [0.05, 0.1) is 13.8 Å². The van der Waals surface area contributed by atoms with E-state index in [9.17, 15) is 0 Å². The maximum atomic E-state index is 5.49. The van der Waals surface area contributed by atoms with Crippen LogP contribution in [0.3, 0.4) is 0 Å². The molecule has 0 aliphatic carbocycles. The van der Waals surface area contributed by atoms with Gasteiger partial charge in [-0.3, -0.25) is 4.90 Å². The molecule has 7 heteroatoms. The maximum absolute atomic E-state index is 5.49. The summed E-state index contributed by atoms with van der Waals surface area (Å²) in [5.74, 6) is 1.76. The summed E-state index contributed by atoms with van der Waals surface area (Å²) < 4.78 is 11.0. The average molecular weight is 397 g/mol. The van der Waals surface area contributed by atoms with Crippen LogP contribution in [-0.4, -0.2) is 33.4 Å². The topological polar surface area (TPSA) is 35.2 Å². The fraction of sp³-hybridized carbons (Fsp3) is 0.375. The van der Waals surface area contributed by atoms with Crippen molar-refractivity contribution >= 4 is 28.1 Å². The molecule has 0 fully saturated rings. The van der Waals surface area contributed by atoms with E-state index in [1.54, 1.807) is 7.11 Å². The SMILES string of the molecule is C=CCn1c(C)nn(CN(C)Cc2cc(Br)ccc2OC)c1=S. The second-order valence-electron chi connectivity index (χ2n) is 5.34. The second-order valence-corrected chi connectivity index (χ2v) is 6.62. The van der Waals surface area contributed by atoms with Crippen molar-refractivity contribution in [1.29, 1.82) is 0 Å². The minimum atomic E-state index is 0.611. The van der Waals surface area contributed by atoms with Crippen LogP contribution in [0, 0.1) is 11.7 Å². The molecule has 5 nitrogen and oxygen atoms in total. The summed E-state index contributed by atoms with van der Waals surface area (Å²) in [6, 6.07) is 6.00. The number of allylic oxidation sites excluding steroid dienone is 1. The lowest BCUT2D eigenvalue weighted by molar-refractivity contribution is 0.240. The molecule has 2 rings (SSSR count). The largest absolute Gasteiger partial charge is 0.496 e. The van der Waals surface area contributed by atoms with E-state index in [1.807, 2.05) is 41.4 Å². The summed E-state index contributed by atoms with van der Waals surface area (Å²) in [5, 5.41) is 4.52. The highest BCUT2D eigenvalue weighted by Crippen LogP contribution is 2.24. The van der Waals surface area contributed by atoms with Crippen LogP contribution in [0.4, 0.5) is 0 Å². The molecule has 0 saturated carbocycles. The van der Waals surface area contributed by atoms with Gasteiger partial charge in [-0.2, -0.15) is 5.10 Å². The molecule has 0 radical (unpaired) electrons. The Kier molecular flexibility index (Phi) is 6.15. The number of nitrogens with zero attached hydrogens (tertiary/aromatic N) is 4. The van der Waals surface area contributed by atoms with Crippen LogP contribution >= 0.6 is 28.1 Å². The highest BCUT2D eigenvalue weighted by molar-refractivity contribution is 9.10. The Morgan fingerprint density at radius 1 is 1.48 bits per heavy atom. The van der Waals surface area contributed by atoms with E-state index in [1.165, 1.54) is 0 Å². The second kappa shape index (κ2) is 7.90. The number of hydrogen-bond donors (Lipinski definition) is 0. The zero-order valence-corrected chi connectivity index (χ0v) is 16.0. The number of rotatable bonds is 7. The molecule has 0 aliphatic heterocycles.